The van der Waals surface area contributed by atoms with E-state index in [1.807, 2.05) is 0 Å². The minimum atomic E-state index is 0.333. The highest BCUT2D eigenvalue weighted by atomic mass is 16.2. The first-order valence-corrected chi connectivity index (χ1v) is 8.73. The summed E-state index contributed by atoms with van der Waals surface area (Å²) in [6.07, 6.45) is 17.6. The molecule has 116 valence electrons. The first-order valence-electron chi connectivity index (χ1n) is 8.73. The molecule has 0 aromatic heterocycles. The van der Waals surface area contributed by atoms with Crippen LogP contribution in [-0.2, 0) is 0 Å². The Hall–Kier alpha value is -0.0800. The maximum Gasteiger partial charge on any atom is 0.0431 e. The molecular formula is C17H37NO. The third kappa shape index (κ3) is 17.9. The van der Waals surface area contributed by atoms with Crippen LogP contribution in [0, 0.1) is 0 Å². The lowest BCUT2D eigenvalue weighted by Crippen LogP contribution is -2.16. The van der Waals surface area contributed by atoms with Crippen molar-refractivity contribution in [1.82, 2.24) is 5.32 Å². The first kappa shape index (κ1) is 18.9. The summed E-state index contributed by atoms with van der Waals surface area (Å²) in [5, 5.41) is 12.1. The molecule has 0 atom stereocenters. The van der Waals surface area contributed by atoms with Crippen molar-refractivity contribution in [2.24, 2.45) is 0 Å². The molecule has 2 nitrogen and oxygen atoms in total. The molecule has 0 bridgehead atoms. The fourth-order valence-corrected chi connectivity index (χ4v) is 2.40. The summed E-state index contributed by atoms with van der Waals surface area (Å²) in [6, 6.07) is 0. The Morgan fingerprint density at radius 1 is 0.579 bits per heavy atom. The Labute approximate surface area is 121 Å². The van der Waals surface area contributed by atoms with Gasteiger partial charge in [0.2, 0.25) is 0 Å². The number of rotatable bonds is 16. The Kier molecular flexibility index (Phi) is 17.8. The van der Waals surface area contributed by atoms with Gasteiger partial charge in [0, 0.05) is 6.61 Å². The number of aliphatic hydroxyl groups is 1. The van der Waals surface area contributed by atoms with Gasteiger partial charge in [0.15, 0.2) is 0 Å². The fraction of sp³-hybridized carbons (Fsp3) is 1.00. The van der Waals surface area contributed by atoms with Crippen molar-refractivity contribution in [2.75, 3.05) is 19.7 Å². The Balaban J connectivity index is 2.88. The zero-order valence-electron chi connectivity index (χ0n) is 13.3. The normalized spacial score (nSPS) is 11.1. The first-order chi connectivity index (χ1) is 9.41. The lowest BCUT2D eigenvalue weighted by Gasteiger charge is -2.04. The molecule has 0 heterocycles. The van der Waals surface area contributed by atoms with E-state index in [1.165, 1.54) is 70.6 Å². The highest BCUT2D eigenvalue weighted by Crippen LogP contribution is 2.10. The van der Waals surface area contributed by atoms with E-state index in [4.69, 9.17) is 5.11 Å². The highest BCUT2D eigenvalue weighted by molar-refractivity contribution is 4.51. The third-order valence-electron chi connectivity index (χ3n) is 3.72. The summed E-state index contributed by atoms with van der Waals surface area (Å²) in [4.78, 5) is 0. The monoisotopic (exact) mass is 271 g/mol. The SMILES string of the molecule is CCCCCCCCCCCCCNCCCCO. The zero-order valence-corrected chi connectivity index (χ0v) is 13.3. The van der Waals surface area contributed by atoms with Gasteiger partial charge < -0.3 is 10.4 Å². The second-order valence-electron chi connectivity index (χ2n) is 5.72. The molecule has 2 N–H and O–H groups in total. The molecule has 0 saturated heterocycles. The van der Waals surface area contributed by atoms with Crippen molar-refractivity contribution in [3.8, 4) is 0 Å². The summed E-state index contributed by atoms with van der Waals surface area (Å²) in [5.41, 5.74) is 0. The van der Waals surface area contributed by atoms with Crippen molar-refractivity contribution in [2.45, 2.75) is 90.4 Å². The zero-order chi connectivity index (χ0) is 14.0. The fourth-order valence-electron chi connectivity index (χ4n) is 2.40. The molecule has 19 heavy (non-hydrogen) atoms. The second-order valence-corrected chi connectivity index (χ2v) is 5.72. The molecule has 0 aliphatic carbocycles. The lowest BCUT2D eigenvalue weighted by atomic mass is 10.1. The number of hydrogen-bond acceptors (Lipinski definition) is 2. The topological polar surface area (TPSA) is 32.3 Å². The highest BCUT2D eigenvalue weighted by Gasteiger charge is 1.93. The average Bonchev–Trinajstić information content (AvgIpc) is 2.43. The maximum atomic E-state index is 8.64. The standard InChI is InChI=1S/C17H37NO/c1-2-3-4-5-6-7-8-9-10-11-12-15-18-16-13-14-17-19/h18-19H,2-17H2,1H3. The van der Waals surface area contributed by atoms with Crippen molar-refractivity contribution >= 4 is 0 Å². The van der Waals surface area contributed by atoms with Gasteiger partial charge in [-0.2, -0.15) is 0 Å². The van der Waals surface area contributed by atoms with E-state index >= 15 is 0 Å². The third-order valence-corrected chi connectivity index (χ3v) is 3.72. The van der Waals surface area contributed by atoms with Gasteiger partial charge in [-0.25, -0.2) is 0 Å². The predicted molar refractivity (Wildman–Crippen MR) is 85.7 cm³/mol. The average molecular weight is 271 g/mol. The smallest absolute Gasteiger partial charge is 0.0431 e. The summed E-state index contributed by atoms with van der Waals surface area (Å²) in [6.45, 7) is 4.84. The molecule has 0 saturated carbocycles. The van der Waals surface area contributed by atoms with Gasteiger partial charge in [-0.1, -0.05) is 71.1 Å². The molecule has 0 aromatic carbocycles. The molecule has 0 aliphatic rings. The van der Waals surface area contributed by atoms with E-state index in [9.17, 15) is 0 Å². The van der Waals surface area contributed by atoms with Crippen molar-refractivity contribution in [3.05, 3.63) is 0 Å². The van der Waals surface area contributed by atoms with Crippen LogP contribution in [0.2, 0.25) is 0 Å². The van der Waals surface area contributed by atoms with Gasteiger partial charge >= 0.3 is 0 Å². The molecule has 0 aromatic rings. The minimum Gasteiger partial charge on any atom is -0.396 e. The van der Waals surface area contributed by atoms with Crippen LogP contribution in [-0.4, -0.2) is 24.8 Å². The van der Waals surface area contributed by atoms with Crippen LogP contribution in [0.15, 0.2) is 0 Å². The van der Waals surface area contributed by atoms with Crippen molar-refractivity contribution in [1.29, 1.82) is 0 Å². The summed E-state index contributed by atoms with van der Waals surface area (Å²) < 4.78 is 0. The van der Waals surface area contributed by atoms with Crippen LogP contribution in [0.1, 0.15) is 90.4 Å². The molecule has 2 heteroatoms. The maximum absolute atomic E-state index is 8.64. The number of hydrogen-bond donors (Lipinski definition) is 2. The Morgan fingerprint density at radius 2 is 1.00 bits per heavy atom. The van der Waals surface area contributed by atoms with E-state index in [1.54, 1.807) is 0 Å². The van der Waals surface area contributed by atoms with Crippen LogP contribution in [0.25, 0.3) is 0 Å². The van der Waals surface area contributed by atoms with E-state index in [-0.39, 0.29) is 0 Å². The van der Waals surface area contributed by atoms with E-state index < -0.39 is 0 Å². The lowest BCUT2D eigenvalue weighted by molar-refractivity contribution is 0.283. The molecule has 0 spiro atoms. The second kappa shape index (κ2) is 17.9. The summed E-state index contributed by atoms with van der Waals surface area (Å²) in [5.74, 6) is 0. The van der Waals surface area contributed by atoms with Gasteiger partial charge in [0.1, 0.15) is 0 Å². The number of aliphatic hydroxyl groups excluding tert-OH is 1. The van der Waals surface area contributed by atoms with Gasteiger partial charge in [-0.05, 0) is 32.4 Å². The van der Waals surface area contributed by atoms with E-state index in [0.29, 0.717) is 6.61 Å². The van der Waals surface area contributed by atoms with Crippen LogP contribution < -0.4 is 5.32 Å². The van der Waals surface area contributed by atoms with E-state index in [0.717, 1.165) is 25.9 Å². The Morgan fingerprint density at radius 3 is 1.47 bits per heavy atom. The number of nitrogens with one attached hydrogen (secondary N) is 1. The van der Waals surface area contributed by atoms with Crippen molar-refractivity contribution < 1.29 is 5.11 Å². The molecule has 0 radical (unpaired) electrons. The van der Waals surface area contributed by atoms with Gasteiger partial charge in [-0.3, -0.25) is 0 Å². The molecule has 0 unspecified atom stereocenters. The molecular weight excluding hydrogens is 234 g/mol. The number of unbranched alkanes of at least 4 members (excludes halogenated alkanes) is 11. The molecule has 0 fully saturated rings. The molecule has 0 amide bonds. The van der Waals surface area contributed by atoms with Gasteiger partial charge in [0.05, 0.1) is 0 Å². The minimum absolute atomic E-state index is 0.333. The molecule has 0 rings (SSSR count). The van der Waals surface area contributed by atoms with Gasteiger partial charge in [-0.15, -0.1) is 0 Å². The van der Waals surface area contributed by atoms with Crippen molar-refractivity contribution in [3.63, 3.8) is 0 Å². The van der Waals surface area contributed by atoms with Crippen LogP contribution >= 0.6 is 0 Å². The largest absolute Gasteiger partial charge is 0.396 e. The van der Waals surface area contributed by atoms with E-state index in [2.05, 4.69) is 12.2 Å². The summed E-state index contributed by atoms with van der Waals surface area (Å²) in [7, 11) is 0. The van der Waals surface area contributed by atoms with Crippen LogP contribution in [0.4, 0.5) is 0 Å². The van der Waals surface area contributed by atoms with Crippen LogP contribution in [0.5, 0.6) is 0 Å². The molecule has 0 aliphatic heterocycles. The quantitative estimate of drug-likeness (QED) is 0.400. The predicted octanol–water partition coefficient (Wildman–Crippen LogP) is 4.66. The Bertz CT molecular complexity index is 134. The van der Waals surface area contributed by atoms with Gasteiger partial charge in [0.25, 0.3) is 0 Å². The van der Waals surface area contributed by atoms with Crippen LogP contribution in [0.3, 0.4) is 0 Å². The summed E-state index contributed by atoms with van der Waals surface area (Å²) >= 11 is 0.